The van der Waals surface area contributed by atoms with Crippen molar-refractivity contribution < 1.29 is 17.5 Å². The molecule has 0 unspecified atom stereocenters. The number of allylic oxidation sites excluding steroid dienone is 1. The number of rotatable bonds is 12. The van der Waals surface area contributed by atoms with E-state index in [0.29, 0.717) is 17.6 Å². The third-order valence-electron chi connectivity index (χ3n) is 9.06. The van der Waals surface area contributed by atoms with Gasteiger partial charge in [0.2, 0.25) is 5.69 Å². The lowest BCUT2D eigenvalue weighted by Crippen LogP contribution is -2.38. The van der Waals surface area contributed by atoms with Crippen molar-refractivity contribution in [1.29, 1.82) is 0 Å². The lowest BCUT2D eigenvalue weighted by Gasteiger charge is -2.21. The van der Waals surface area contributed by atoms with Crippen molar-refractivity contribution in [1.82, 2.24) is 9.47 Å². The van der Waals surface area contributed by atoms with Crippen LogP contribution in [0.2, 0.25) is 0 Å². The predicted molar refractivity (Wildman–Crippen MR) is 226 cm³/mol. The van der Waals surface area contributed by atoms with Crippen LogP contribution in [0.25, 0.3) is 44.5 Å². The molecular weight excluding hydrogens is 751 g/mol. The van der Waals surface area contributed by atoms with Gasteiger partial charge in [0.1, 0.15) is 9.54 Å². The highest BCUT2D eigenvalue weighted by Crippen LogP contribution is 2.50. The second-order valence-electron chi connectivity index (χ2n) is 12.6. The molecule has 6 aromatic rings. The lowest BCUT2D eigenvalue weighted by molar-refractivity contribution is -0.682. The molecule has 7 nitrogen and oxygen atoms in total. The molecule has 0 spiro atoms. The smallest absolute Gasteiger partial charge is 0.269 e. The number of hydrogen-bond donors (Lipinski definition) is 1. The normalized spacial score (nSPS) is 14.9. The van der Waals surface area contributed by atoms with Crippen molar-refractivity contribution in [2.45, 2.75) is 33.4 Å². The van der Waals surface area contributed by atoms with Gasteiger partial charge in [0.15, 0.2) is 6.54 Å². The van der Waals surface area contributed by atoms with Crippen LogP contribution in [0.3, 0.4) is 0 Å². The Morgan fingerprint density at radius 3 is 1.87 bits per heavy atom. The van der Waals surface area contributed by atoms with Gasteiger partial charge in [0.25, 0.3) is 20.7 Å². The number of hydrogen-bond acceptors (Lipinski definition) is 7. The monoisotopic (exact) mass is 790 g/mol. The maximum absolute atomic E-state index is 14.0. The van der Waals surface area contributed by atoms with Crippen LogP contribution >= 0.6 is 34.4 Å². The molecular formula is C43H40N3O4S4+. The average molecular weight is 791 g/mol. The van der Waals surface area contributed by atoms with Crippen molar-refractivity contribution >= 4 is 67.3 Å². The van der Waals surface area contributed by atoms with E-state index in [9.17, 15) is 17.8 Å². The highest BCUT2D eigenvalue weighted by atomic mass is 32.2. The summed E-state index contributed by atoms with van der Waals surface area (Å²) in [5.41, 5.74) is 6.37. The maximum atomic E-state index is 14.0. The molecule has 3 heterocycles. The van der Waals surface area contributed by atoms with Crippen molar-refractivity contribution in [2.75, 3.05) is 12.3 Å². The molecule has 0 fully saturated rings. The maximum Gasteiger partial charge on any atom is 0.269 e. The molecule has 0 saturated heterocycles. The molecule has 4 aromatic carbocycles. The van der Waals surface area contributed by atoms with E-state index < -0.39 is 10.1 Å². The molecule has 7 rings (SSSR count). The Balaban J connectivity index is 1.36. The molecule has 0 radical (unpaired) electrons. The molecule has 0 bridgehead atoms. The summed E-state index contributed by atoms with van der Waals surface area (Å²) >= 11 is 4.77. The number of thiazole rings is 2. The molecule has 0 aliphatic carbocycles. The largest absolute Gasteiger partial charge is 0.335 e. The summed E-state index contributed by atoms with van der Waals surface area (Å²) in [4.78, 5) is 18.5. The van der Waals surface area contributed by atoms with Crippen LogP contribution in [0.1, 0.15) is 36.4 Å². The van der Waals surface area contributed by atoms with Gasteiger partial charge in [-0.15, -0.1) is 11.3 Å². The standard InChI is InChI=1S/C43H39N3O4S4/c1-3-44-36(52-41(33-22-13-7-14-23-33)39(44)31-18-9-5-10-19-31)27-26-35-43(47)45(4-2)37(51-35)30-38-46(28-17-29-54(48,49)50)40(32-20-11-6-12-21-32)42(53-38)34-24-15-8-16-25-34/h5-16,18-27,30H,3-4,17,28-29H2,1-2H3/p+1/b35-26+,36-27-. The third kappa shape index (κ3) is 8.15. The highest BCUT2D eigenvalue weighted by molar-refractivity contribution is 8.12. The van der Waals surface area contributed by atoms with Crippen molar-refractivity contribution in [3.63, 3.8) is 0 Å². The van der Waals surface area contributed by atoms with E-state index in [1.165, 1.54) is 16.2 Å². The zero-order chi connectivity index (χ0) is 37.7. The molecule has 274 valence electrons. The van der Waals surface area contributed by atoms with Crippen molar-refractivity contribution in [3.8, 4) is 21.7 Å². The molecule has 11 heteroatoms. The Morgan fingerprint density at radius 1 is 0.722 bits per heavy atom. The van der Waals surface area contributed by atoms with Crippen molar-refractivity contribution in [3.05, 3.63) is 168 Å². The highest BCUT2D eigenvalue weighted by Gasteiger charge is 2.30. The van der Waals surface area contributed by atoms with E-state index in [-0.39, 0.29) is 17.7 Å². The zero-order valence-corrected chi connectivity index (χ0v) is 33.2. The number of aromatic nitrogens is 2. The average Bonchev–Trinajstić information content (AvgIpc) is 3.85. The van der Waals surface area contributed by atoms with Gasteiger partial charge < -0.3 is 4.90 Å². The van der Waals surface area contributed by atoms with Gasteiger partial charge in [0, 0.05) is 30.0 Å². The second kappa shape index (κ2) is 16.7. The van der Waals surface area contributed by atoms with Gasteiger partial charge in [-0.25, -0.2) is 0 Å². The van der Waals surface area contributed by atoms with Gasteiger partial charge in [0.05, 0.1) is 27.1 Å². The fourth-order valence-corrected chi connectivity index (χ4v) is 10.7. The lowest BCUT2D eigenvalue weighted by atomic mass is 10.1. The Labute approximate surface area is 328 Å². The van der Waals surface area contributed by atoms with E-state index >= 15 is 0 Å². The minimum Gasteiger partial charge on any atom is -0.335 e. The zero-order valence-electron chi connectivity index (χ0n) is 30.0. The molecule has 1 aliphatic rings. The summed E-state index contributed by atoms with van der Waals surface area (Å²) in [7, 11) is -4.14. The summed E-state index contributed by atoms with van der Waals surface area (Å²) in [6.07, 6.45) is 6.27. The second-order valence-corrected chi connectivity index (χ2v) is 17.3. The van der Waals surface area contributed by atoms with Gasteiger partial charge in [-0.05, 0) is 54.8 Å². The number of thioether (sulfide) groups is 1. The van der Waals surface area contributed by atoms with E-state index in [1.54, 1.807) is 27.7 Å². The van der Waals surface area contributed by atoms with Crippen LogP contribution in [0.5, 0.6) is 0 Å². The van der Waals surface area contributed by atoms with Crippen LogP contribution in [-0.2, 0) is 23.2 Å². The molecule has 0 saturated carbocycles. The summed E-state index contributed by atoms with van der Waals surface area (Å²) < 4.78 is 38.5. The van der Waals surface area contributed by atoms with Crippen LogP contribution in [0.4, 0.5) is 0 Å². The first-order valence-electron chi connectivity index (χ1n) is 17.8. The molecule has 54 heavy (non-hydrogen) atoms. The van der Waals surface area contributed by atoms with Crippen LogP contribution < -0.4 is 19.3 Å². The summed E-state index contributed by atoms with van der Waals surface area (Å²) in [5, 5.41) is 1.93. The summed E-state index contributed by atoms with van der Waals surface area (Å²) in [6, 6.07) is 41.0. The Kier molecular flexibility index (Phi) is 11.6. The molecule has 2 aromatic heterocycles. The Hall–Kier alpha value is -4.78. The van der Waals surface area contributed by atoms with Gasteiger partial charge in [-0.2, -0.15) is 13.0 Å². The Bertz CT molecular complexity index is 2610. The first kappa shape index (κ1) is 37.5. The summed E-state index contributed by atoms with van der Waals surface area (Å²) in [6.45, 7) is 5.73. The fourth-order valence-electron chi connectivity index (χ4n) is 6.60. The first-order valence-corrected chi connectivity index (χ1v) is 21.9. The topological polar surface area (TPSA) is 83.5 Å². The van der Waals surface area contributed by atoms with Crippen LogP contribution in [0, 0.1) is 0 Å². The van der Waals surface area contributed by atoms with Crippen molar-refractivity contribution in [2.24, 2.45) is 0 Å². The fraction of sp³-hybridized carbons (Fsp3) is 0.163. The van der Waals surface area contributed by atoms with E-state index in [4.69, 9.17) is 0 Å². The van der Waals surface area contributed by atoms with Crippen LogP contribution in [-0.4, -0.2) is 34.7 Å². The van der Waals surface area contributed by atoms with E-state index in [0.717, 1.165) is 59.8 Å². The summed E-state index contributed by atoms with van der Waals surface area (Å²) in [5.74, 6) is -0.351. The molecule has 0 amide bonds. The minimum absolute atomic E-state index is 0.0581. The molecule has 1 N–H and O–H groups in total. The number of benzene rings is 4. The SMILES string of the molecule is CCN1C(c2ccccc2)=C(c2ccccc2)S/C1=C\C=c1\s/c(=C/c2sc(-c3ccccc3)c(-c3ccccc3)[n+]2CCCS(=O)(=O)O)n(CC)c1=O. The molecule has 1 aliphatic heterocycles. The predicted octanol–water partition coefficient (Wildman–Crippen LogP) is 7.94. The first-order chi connectivity index (χ1) is 26.3. The third-order valence-corrected chi connectivity index (χ3v) is 13.3. The molecule has 0 atom stereocenters. The quantitative estimate of drug-likeness (QED) is 0.100. The van der Waals surface area contributed by atoms with Crippen LogP contribution in [0.15, 0.2) is 137 Å². The van der Waals surface area contributed by atoms with Gasteiger partial charge in [-0.3, -0.25) is 13.9 Å². The van der Waals surface area contributed by atoms with E-state index in [2.05, 4.69) is 83.1 Å². The van der Waals surface area contributed by atoms with Gasteiger partial charge >= 0.3 is 0 Å². The number of nitrogens with zero attached hydrogens (tertiary/aromatic N) is 3. The van der Waals surface area contributed by atoms with E-state index in [1.807, 2.05) is 79.7 Å². The van der Waals surface area contributed by atoms with Gasteiger partial charge in [-0.1, -0.05) is 132 Å². The minimum atomic E-state index is -4.14. The Morgan fingerprint density at radius 2 is 1.30 bits per heavy atom.